The van der Waals surface area contributed by atoms with Gasteiger partial charge in [0.1, 0.15) is 12.7 Å². The average Bonchev–Trinajstić information content (AvgIpc) is 3.24. The molecule has 0 amide bonds. The van der Waals surface area contributed by atoms with E-state index in [9.17, 15) is 33.8 Å². The summed E-state index contributed by atoms with van der Waals surface area (Å²) in [5.74, 6) is -0.298. The van der Waals surface area contributed by atoms with Gasteiger partial charge in [-0.25, -0.2) is 9.13 Å². The van der Waals surface area contributed by atoms with E-state index in [1.165, 1.54) is 83.5 Å². The molecule has 0 rings (SSSR count). The van der Waals surface area contributed by atoms with Crippen molar-refractivity contribution >= 4 is 27.6 Å². The van der Waals surface area contributed by atoms with Crippen LogP contribution in [0.4, 0.5) is 0 Å². The lowest BCUT2D eigenvalue weighted by molar-refractivity contribution is -0.161. The number of carbonyl (C=O) groups is 2. The SMILES string of the molecule is CCCC[C@H](O)/C=C\C/C=C\C/C=C\C/C=C\CCCC(=O)OC[C@H](COP(=O)(O)OC[C@@H](O)COP(=O)(O)O)OC(=O)CCCCCCCCCCCCCCCCCCC(C)C. The zero-order valence-electron chi connectivity index (χ0n) is 39.7. The third-order valence-electron chi connectivity index (χ3n) is 10.2. The molecule has 0 saturated heterocycles. The van der Waals surface area contributed by atoms with Crippen molar-refractivity contribution in [1.29, 1.82) is 0 Å². The van der Waals surface area contributed by atoms with Gasteiger partial charge in [0.05, 0.1) is 25.9 Å². The minimum Gasteiger partial charge on any atom is -0.462 e. The van der Waals surface area contributed by atoms with Crippen molar-refractivity contribution in [2.24, 2.45) is 5.92 Å². The summed E-state index contributed by atoms with van der Waals surface area (Å²) in [5, 5.41) is 19.6. The number of esters is 2. The third-order valence-corrected chi connectivity index (χ3v) is 11.6. The standard InChI is InChI=1S/C48H88O14P2/c1-4-5-35-44(49)36-31-27-23-19-15-12-13-16-20-24-28-32-37-47(51)58-41-46(42-61-64(56,57)60-40-45(50)39-59-63(53,54)55)62-48(52)38-33-29-25-21-17-11-9-7-6-8-10-14-18-22-26-30-34-43(2)3/h12-13,19-20,23-24,31,36,43-46,49-50H,4-11,14-18,21-22,25-30,32-35,37-42H2,1-3H3,(H,56,57)(H2,53,54,55)/b13-12-,23-19-,24-20-,36-31-/t44-,45-,46+/m0/s1. The van der Waals surface area contributed by atoms with Crippen LogP contribution in [0.2, 0.25) is 0 Å². The molecule has 0 heterocycles. The number of carbonyl (C=O) groups excluding carboxylic acids is 2. The van der Waals surface area contributed by atoms with Crippen LogP contribution in [-0.4, -0.2) is 81.6 Å². The minimum absolute atomic E-state index is 0.103. The van der Waals surface area contributed by atoms with Crippen LogP contribution in [0.3, 0.4) is 0 Å². The van der Waals surface area contributed by atoms with Crippen LogP contribution in [0.1, 0.15) is 194 Å². The van der Waals surface area contributed by atoms with Crippen molar-refractivity contribution < 1.29 is 66.7 Å². The molecule has 4 atom stereocenters. The predicted octanol–water partition coefficient (Wildman–Crippen LogP) is 11.8. The Labute approximate surface area is 386 Å². The maximum Gasteiger partial charge on any atom is 0.472 e. The van der Waals surface area contributed by atoms with Crippen molar-refractivity contribution in [1.82, 2.24) is 0 Å². The van der Waals surface area contributed by atoms with E-state index in [4.69, 9.17) is 28.3 Å². The largest absolute Gasteiger partial charge is 0.472 e. The number of aliphatic hydroxyl groups excluding tert-OH is 2. The summed E-state index contributed by atoms with van der Waals surface area (Å²) in [7, 11) is -9.71. The molecule has 0 radical (unpaired) electrons. The number of phosphoric ester groups is 2. The lowest BCUT2D eigenvalue weighted by atomic mass is 10.0. The fraction of sp³-hybridized carbons (Fsp3) is 0.792. The summed E-state index contributed by atoms with van der Waals surface area (Å²) >= 11 is 0. The molecule has 0 aromatic rings. The Morgan fingerprint density at radius 3 is 1.53 bits per heavy atom. The molecule has 1 unspecified atom stereocenters. The lowest BCUT2D eigenvalue weighted by Gasteiger charge is -2.20. The molecule has 0 spiro atoms. The molecule has 14 nitrogen and oxygen atoms in total. The maximum absolute atomic E-state index is 12.7. The van der Waals surface area contributed by atoms with Gasteiger partial charge in [-0.1, -0.05) is 185 Å². The summed E-state index contributed by atoms with van der Waals surface area (Å²) < 4.78 is 47.8. The first-order valence-corrected chi connectivity index (χ1v) is 27.3. The van der Waals surface area contributed by atoms with Crippen molar-refractivity contribution in [2.75, 3.05) is 26.4 Å². The topological polar surface area (TPSA) is 216 Å². The number of allylic oxidation sites excluding steroid dienone is 7. The molecule has 0 fully saturated rings. The highest BCUT2D eigenvalue weighted by Gasteiger charge is 2.28. The Bertz CT molecular complexity index is 1350. The number of phosphoric acid groups is 2. The highest BCUT2D eigenvalue weighted by atomic mass is 31.2. The van der Waals surface area contributed by atoms with Gasteiger partial charge in [0.2, 0.25) is 0 Å². The lowest BCUT2D eigenvalue weighted by Crippen LogP contribution is -2.30. The first-order valence-electron chi connectivity index (χ1n) is 24.3. The molecular formula is C48H88O14P2. The Balaban J connectivity index is 4.54. The van der Waals surface area contributed by atoms with Gasteiger partial charge in [-0.15, -0.1) is 0 Å². The number of unbranched alkanes of at least 4 members (excludes halogenated alkanes) is 17. The van der Waals surface area contributed by atoms with E-state index in [1.807, 2.05) is 24.3 Å². The van der Waals surface area contributed by atoms with Gasteiger partial charge in [0.15, 0.2) is 6.10 Å². The number of aliphatic hydroxyl groups is 2. The Kier molecular flexibility index (Phi) is 41.1. The van der Waals surface area contributed by atoms with Crippen LogP contribution in [0.5, 0.6) is 0 Å². The zero-order chi connectivity index (χ0) is 47.6. The molecular weight excluding hydrogens is 862 g/mol. The van der Waals surface area contributed by atoms with E-state index < -0.39 is 66.2 Å². The van der Waals surface area contributed by atoms with Crippen molar-refractivity contribution in [3.05, 3.63) is 48.6 Å². The Morgan fingerprint density at radius 1 is 0.531 bits per heavy atom. The predicted molar refractivity (Wildman–Crippen MR) is 254 cm³/mol. The van der Waals surface area contributed by atoms with Gasteiger partial charge in [-0.05, 0) is 50.9 Å². The second-order valence-electron chi connectivity index (χ2n) is 17.0. The van der Waals surface area contributed by atoms with Gasteiger partial charge in [-0.2, -0.15) is 0 Å². The van der Waals surface area contributed by atoms with Crippen LogP contribution >= 0.6 is 15.6 Å². The Morgan fingerprint density at radius 2 is 1.00 bits per heavy atom. The highest BCUT2D eigenvalue weighted by molar-refractivity contribution is 7.47. The van der Waals surface area contributed by atoms with Crippen LogP contribution in [0.15, 0.2) is 48.6 Å². The van der Waals surface area contributed by atoms with E-state index in [0.29, 0.717) is 19.3 Å². The van der Waals surface area contributed by atoms with Crippen LogP contribution < -0.4 is 0 Å². The third kappa shape index (κ3) is 46.6. The van der Waals surface area contributed by atoms with Gasteiger partial charge in [-0.3, -0.25) is 23.2 Å². The van der Waals surface area contributed by atoms with Crippen molar-refractivity contribution in [3.8, 4) is 0 Å². The van der Waals surface area contributed by atoms with E-state index >= 15 is 0 Å². The number of ether oxygens (including phenoxy) is 2. The second kappa shape index (κ2) is 42.4. The molecule has 0 aliphatic carbocycles. The number of hydrogen-bond acceptors (Lipinski definition) is 11. The van der Waals surface area contributed by atoms with Crippen LogP contribution in [-0.2, 0) is 41.8 Å². The van der Waals surface area contributed by atoms with Crippen molar-refractivity contribution in [2.45, 2.75) is 212 Å². The molecule has 0 saturated carbocycles. The smallest absolute Gasteiger partial charge is 0.462 e. The van der Waals surface area contributed by atoms with E-state index in [2.05, 4.69) is 49.6 Å². The van der Waals surface area contributed by atoms with E-state index in [1.54, 1.807) is 0 Å². The Hall–Kier alpha value is -1.96. The normalized spacial score (nSPS) is 14.9. The maximum atomic E-state index is 12.7. The van der Waals surface area contributed by atoms with Crippen LogP contribution in [0.25, 0.3) is 0 Å². The summed E-state index contributed by atoms with van der Waals surface area (Å²) in [6.45, 7) is 3.90. The number of hydrogen-bond donors (Lipinski definition) is 5. The second-order valence-corrected chi connectivity index (χ2v) is 19.7. The summed E-state index contributed by atoms with van der Waals surface area (Å²) in [4.78, 5) is 52.8. The molecule has 16 heteroatoms. The first kappa shape index (κ1) is 62.0. The summed E-state index contributed by atoms with van der Waals surface area (Å²) in [6, 6.07) is 0. The summed E-state index contributed by atoms with van der Waals surface area (Å²) in [5.41, 5.74) is 0. The van der Waals surface area contributed by atoms with E-state index in [-0.39, 0.29) is 18.9 Å². The molecule has 0 aliphatic heterocycles. The summed E-state index contributed by atoms with van der Waals surface area (Å²) in [6.07, 6.45) is 40.1. The quantitative estimate of drug-likeness (QED) is 0.0166. The highest BCUT2D eigenvalue weighted by Crippen LogP contribution is 2.43. The first-order chi connectivity index (χ1) is 30.6. The fourth-order valence-corrected chi connectivity index (χ4v) is 7.64. The molecule has 0 aliphatic rings. The monoisotopic (exact) mass is 951 g/mol. The zero-order valence-corrected chi connectivity index (χ0v) is 41.4. The minimum atomic E-state index is -4.88. The molecule has 5 N–H and O–H groups in total. The van der Waals surface area contributed by atoms with Crippen molar-refractivity contribution in [3.63, 3.8) is 0 Å². The van der Waals surface area contributed by atoms with E-state index in [0.717, 1.165) is 63.7 Å². The molecule has 0 bridgehead atoms. The van der Waals surface area contributed by atoms with Gasteiger partial charge in [0, 0.05) is 12.8 Å². The molecule has 374 valence electrons. The fourth-order valence-electron chi connectivity index (χ4n) is 6.49. The molecule has 0 aromatic carbocycles. The van der Waals surface area contributed by atoms with Gasteiger partial charge < -0.3 is 34.4 Å². The average molecular weight is 951 g/mol. The number of rotatable bonds is 45. The van der Waals surface area contributed by atoms with Gasteiger partial charge >= 0.3 is 27.6 Å². The molecule has 0 aromatic heterocycles. The molecule has 64 heavy (non-hydrogen) atoms. The van der Waals surface area contributed by atoms with Crippen LogP contribution in [0, 0.1) is 5.92 Å². The van der Waals surface area contributed by atoms with Gasteiger partial charge in [0.25, 0.3) is 0 Å².